The van der Waals surface area contributed by atoms with Gasteiger partial charge in [-0.2, -0.15) is 0 Å². The monoisotopic (exact) mass is 277 g/mol. The van der Waals surface area contributed by atoms with Crippen LogP contribution in [0.1, 0.15) is 26.7 Å². The third kappa shape index (κ3) is 5.45. The molecule has 0 rings (SSSR count). The molecule has 0 aliphatic rings. The Kier molecular flexibility index (Phi) is 8.37. The quantitative estimate of drug-likeness (QED) is 0.349. The van der Waals surface area contributed by atoms with Crippen LogP contribution in [-0.4, -0.2) is 49.9 Å². The number of carbonyl (C=O) groups is 1. The summed E-state index contributed by atoms with van der Waals surface area (Å²) in [6.45, 7) is 4.57. The summed E-state index contributed by atoms with van der Waals surface area (Å²) in [6.07, 6.45) is 1.23. The van der Waals surface area contributed by atoms with Gasteiger partial charge >= 0.3 is 8.56 Å². The molecule has 6 N–H and O–H groups in total. The van der Waals surface area contributed by atoms with E-state index >= 15 is 0 Å². The number of rotatable bonds is 9. The van der Waals surface area contributed by atoms with E-state index in [1.54, 1.807) is 7.05 Å². The summed E-state index contributed by atoms with van der Waals surface area (Å²) in [5, 5.41) is 5.61. The maximum absolute atomic E-state index is 11.8. The zero-order chi connectivity index (χ0) is 14.2. The molecule has 0 unspecified atom stereocenters. The van der Waals surface area contributed by atoms with Crippen LogP contribution in [0.25, 0.3) is 0 Å². The van der Waals surface area contributed by atoms with Crippen molar-refractivity contribution in [2.24, 2.45) is 11.7 Å². The first-order valence-corrected chi connectivity index (χ1v) is 8.70. The van der Waals surface area contributed by atoms with Crippen molar-refractivity contribution in [3.8, 4) is 0 Å². The fourth-order valence-electron chi connectivity index (χ4n) is 2.03. The Morgan fingerprint density at radius 2 is 1.94 bits per heavy atom. The van der Waals surface area contributed by atoms with Crippen molar-refractivity contribution in [1.29, 1.82) is 0 Å². The molecule has 0 saturated heterocycles. The molecule has 0 fully saturated rings. The van der Waals surface area contributed by atoms with E-state index in [1.807, 2.05) is 13.8 Å². The molecule has 0 aromatic carbocycles. The molecule has 6 nitrogen and oxygen atoms in total. The number of nitrogens with one attached hydrogen (secondary N) is 2. The molecular weight excluding hydrogens is 250 g/mol. The Morgan fingerprint density at radius 1 is 1.33 bits per heavy atom. The highest BCUT2D eigenvalue weighted by atomic mass is 28.4. The molecule has 0 saturated carbocycles. The van der Waals surface area contributed by atoms with Crippen LogP contribution < -0.4 is 16.4 Å². The fraction of sp³-hybridized carbons (Fsp3) is 0.909. The predicted octanol–water partition coefficient (Wildman–Crippen LogP) is -0.948. The van der Waals surface area contributed by atoms with Gasteiger partial charge in [0.15, 0.2) is 0 Å². The molecule has 2 atom stereocenters. The van der Waals surface area contributed by atoms with Crippen LogP contribution in [0.2, 0.25) is 6.04 Å². The molecule has 0 aromatic rings. The van der Waals surface area contributed by atoms with E-state index in [0.29, 0.717) is 25.9 Å². The highest BCUT2D eigenvalue weighted by molar-refractivity contribution is 6.66. The number of hydrogen-bond acceptors (Lipinski definition) is 5. The molecule has 0 spiro atoms. The minimum atomic E-state index is -3.42. The summed E-state index contributed by atoms with van der Waals surface area (Å²) in [5.74, 6) is -0.505. The first-order chi connectivity index (χ1) is 8.42. The van der Waals surface area contributed by atoms with Crippen LogP contribution >= 0.6 is 0 Å². The van der Waals surface area contributed by atoms with Gasteiger partial charge in [0.1, 0.15) is 0 Å². The lowest BCUT2D eigenvalue weighted by Gasteiger charge is -2.29. The third-order valence-electron chi connectivity index (χ3n) is 3.17. The van der Waals surface area contributed by atoms with Crippen LogP contribution in [0.15, 0.2) is 0 Å². The molecule has 0 aromatic heterocycles. The lowest BCUT2D eigenvalue weighted by molar-refractivity contribution is -0.124. The Hall–Kier alpha value is -0.473. The van der Waals surface area contributed by atoms with E-state index in [-0.39, 0.29) is 23.5 Å². The summed E-state index contributed by atoms with van der Waals surface area (Å²) < 4.78 is 0. The van der Waals surface area contributed by atoms with Crippen LogP contribution in [0.4, 0.5) is 0 Å². The van der Waals surface area contributed by atoms with Crippen molar-refractivity contribution in [2.75, 3.05) is 20.1 Å². The Morgan fingerprint density at radius 3 is 2.33 bits per heavy atom. The molecular formula is C11H27N3O3Si. The van der Waals surface area contributed by atoms with Crippen LogP contribution in [0.5, 0.6) is 0 Å². The SMILES string of the molecule is CC[C@H](C[Si](O)(O)[C@H](CC)NC)C(=O)NCCN. The molecule has 0 aliphatic heterocycles. The normalized spacial score (nSPS) is 15.2. The minimum Gasteiger partial charge on any atom is -0.410 e. The van der Waals surface area contributed by atoms with Gasteiger partial charge in [-0.15, -0.1) is 0 Å². The van der Waals surface area contributed by atoms with E-state index < -0.39 is 8.56 Å². The van der Waals surface area contributed by atoms with Gasteiger partial charge in [-0.25, -0.2) is 0 Å². The molecule has 0 aliphatic carbocycles. The lowest BCUT2D eigenvalue weighted by atomic mass is 10.1. The van der Waals surface area contributed by atoms with E-state index in [2.05, 4.69) is 10.6 Å². The average molecular weight is 277 g/mol. The second kappa shape index (κ2) is 8.60. The smallest absolute Gasteiger partial charge is 0.351 e. The second-order valence-electron chi connectivity index (χ2n) is 4.52. The van der Waals surface area contributed by atoms with Gasteiger partial charge in [0.2, 0.25) is 5.91 Å². The number of carbonyl (C=O) groups excluding carboxylic acids is 1. The first-order valence-electron chi connectivity index (χ1n) is 6.52. The number of hydrogen-bond donors (Lipinski definition) is 5. The van der Waals surface area contributed by atoms with Crippen molar-refractivity contribution in [3.63, 3.8) is 0 Å². The van der Waals surface area contributed by atoms with E-state index in [0.717, 1.165) is 0 Å². The van der Waals surface area contributed by atoms with Crippen molar-refractivity contribution in [3.05, 3.63) is 0 Å². The Bertz CT molecular complexity index is 248. The van der Waals surface area contributed by atoms with Gasteiger partial charge in [0.05, 0.1) is 0 Å². The maximum atomic E-state index is 11.8. The molecule has 0 radical (unpaired) electrons. The third-order valence-corrected chi connectivity index (χ3v) is 6.08. The topological polar surface area (TPSA) is 108 Å². The van der Waals surface area contributed by atoms with Crippen molar-refractivity contribution >= 4 is 14.5 Å². The second-order valence-corrected chi connectivity index (χ2v) is 7.38. The van der Waals surface area contributed by atoms with Gasteiger partial charge in [0, 0.05) is 30.7 Å². The molecule has 108 valence electrons. The average Bonchev–Trinajstić information content (AvgIpc) is 2.34. The van der Waals surface area contributed by atoms with Gasteiger partial charge in [0.25, 0.3) is 0 Å². The highest BCUT2D eigenvalue weighted by Crippen LogP contribution is 2.20. The molecule has 1 amide bonds. The zero-order valence-corrected chi connectivity index (χ0v) is 12.6. The summed E-state index contributed by atoms with van der Waals surface area (Å²) in [4.78, 5) is 32.2. The van der Waals surface area contributed by atoms with E-state index in [9.17, 15) is 14.4 Å². The fourth-order valence-corrected chi connectivity index (χ4v) is 4.63. The molecule has 18 heavy (non-hydrogen) atoms. The minimum absolute atomic E-state index is 0.145. The summed E-state index contributed by atoms with van der Waals surface area (Å²) in [5.41, 5.74) is 5.01. The maximum Gasteiger partial charge on any atom is 0.351 e. The Labute approximate surface area is 110 Å². The van der Waals surface area contributed by atoms with Crippen LogP contribution in [0.3, 0.4) is 0 Å². The Balaban J connectivity index is 4.54. The van der Waals surface area contributed by atoms with Gasteiger partial charge in [-0.3, -0.25) is 4.79 Å². The summed E-state index contributed by atoms with van der Waals surface area (Å²) in [7, 11) is -1.72. The zero-order valence-electron chi connectivity index (χ0n) is 11.6. The van der Waals surface area contributed by atoms with E-state index in [4.69, 9.17) is 5.73 Å². The standard InChI is InChI=1S/C11H27N3O3Si/c1-4-9(11(15)14-7-6-12)8-18(16,17)10(5-2)13-3/h9-10,13,16-17H,4-8,12H2,1-3H3,(H,14,15)/t9-,10-/m1/s1. The van der Waals surface area contributed by atoms with Crippen LogP contribution in [0, 0.1) is 5.92 Å². The molecule has 0 bridgehead atoms. The number of amides is 1. The largest absolute Gasteiger partial charge is 0.410 e. The molecule has 7 heteroatoms. The van der Waals surface area contributed by atoms with Crippen molar-refractivity contribution in [1.82, 2.24) is 10.6 Å². The van der Waals surface area contributed by atoms with E-state index in [1.165, 1.54) is 0 Å². The highest BCUT2D eigenvalue weighted by Gasteiger charge is 2.41. The summed E-state index contributed by atoms with van der Waals surface area (Å²) in [6, 6.07) is 0.152. The van der Waals surface area contributed by atoms with Gasteiger partial charge in [-0.05, 0) is 19.9 Å². The first kappa shape index (κ1) is 17.5. The van der Waals surface area contributed by atoms with Gasteiger partial charge < -0.3 is 26.0 Å². The summed E-state index contributed by atoms with van der Waals surface area (Å²) >= 11 is 0. The lowest BCUT2D eigenvalue weighted by Crippen LogP contribution is -2.56. The van der Waals surface area contributed by atoms with Crippen LogP contribution in [-0.2, 0) is 4.79 Å². The molecule has 0 heterocycles. The van der Waals surface area contributed by atoms with Crippen molar-refractivity contribution in [2.45, 2.75) is 38.4 Å². The van der Waals surface area contributed by atoms with Gasteiger partial charge in [-0.1, -0.05) is 13.8 Å². The predicted molar refractivity (Wildman–Crippen MR) is 74.0 cm³/mol. The number of nitrogens with two attached hydrogens (primary N) is 1. The van der Waals surface area contributed by atoms with Crippen molar-refractivity contribution < 1.29 is 14.4 Å².